The lowest BCUT2D eigenvalue weighted by Gasteiger charge is -2.12. The molecule has 1 aliphatic heterocycles. The number of rotatable bonds is 7. The molecule has 3 aromatic rings. The minimum atomic E-state index is -0.421. The van der Waals surface area contributed by atoms with Crippen molar-refractivity contribution in [3.8, 4) is 11.5 Å². The van der Waals surface area contributed by atoms with Crippen LogP contribution in [0.1, 0.15) is 21.8 Å². The van der Waals surface area contributed by atoms with Gasteiger partial charge in [-0.05, 0) is 60.8 Å². The second-order valence-corrected chi connectivity index (χ2v) is 9.03. The molecule has 0 saturated carbocycles. The van der Waals surface area contributed by atoms with E-state index >= 15 is 0 Å². The van der Waals surface area contributed by atoms with Gasteiger partial charge < -0.3 is 9.73 Å². The SMILES string of the molecule is CSc1ccc(/C=C2\SC(=O)N(CCNC(=O)c3nc(-c4ccccc4)oc3C)C2=O)cc1. The fourth-order valence-corrected chi connectivity index (χ4v) is 4.49. The van der Waals surface area contributed by atoms with E-state index in [1.807, 2.05) is 60.9 Å². The summed E-state index contributed by atoms with van der Waals surface area (Å²) >= 11 is 2.53. The highest BCUT2D eigenvalue weighted by Crippen LogP contribution is 2.32. The Kier molecular flexibility index (Phi) is 7.00. The quantitative estimate of drug-likeness (QED) is 0.383. The number of oxazole rings is 1. The van der Waals surface area contributed by atoms with E-state index in [4.69, 9.17) is 4.42 Å². The van der Waals surface area contributed by atoms with E-state index in [2.05, 4.69) is 10.3 Å². The van der Waals surface area contributed by atoms with E-state index in [9.17, 15) is 14.4 Å². The molecule has 1 fully saturated rings. The van der Waals surface area contributed by atoms with Crippen molar-refractivity contribution in [2.75, 3.05) is 19.3 Å². The number of aryl methyl sites for hydroxylation is 1. The number of thioether (sulfide) groups is 2. The molecule has 0 aliphatic carbocycles. The first-order valence-corrected chi connectivity index (χ1v) is 12.2. The summed E-state index contributed by atoms with van der Waals surface area (Å²) in [5.41, 5.74) is 1.80. The molecule has 3 amide bonds. The number of nitrogens with zero attached hydrogens (tertiary/aromatic N) is 2. The van der Waals surface area contributed by atoms with Crippen molar-refractivity contribution in [3.05, 3.63) is 76.5 Å². The standard InChI is InChI=1S/C24H21N3O4S2/c1-15-20(26-22(31-15)17-6-4-3-5-7-17)21(28)25-12-13-27-23(29)19(33-24(27)30)14-16-8-10-18(32-2)11-9-16/h3-11,14H,12-13H2,1-2H3,(H,25,28)/b19-14-. The van der Waals surface area contributed by atoms with E-state index in [1.165, 1.54) is 0 Å². The lowest BCUT2D eigenvalue weighted by atomic mass is 10.2. The number of nitrogens with one attached hydrogen (secondary N) is 1. The fourth-order valence-electron chi connectivity index (χ4n) is 3.22. The molecule has 0 bridgehead atoms. The molecule has 1 aliphatic rings. The van der Waals surface area contributed by atoms with Crippen molar-refractivity contribution in [1.29, 1.82) is 0 Å². The van der Waals surface area contributed by atoms with E-state index in [0.717, 1.165) is 32.7 Å². The molecular weight excluding hydrogens is 458 g/mol. The van der Waals surface area contributed by atoms with Crippen LogP contribution in [0, 0.1) is 6.92 Å². The minimum Gasteiger partial charge on any atom is -0.441 e. The molecule has 1 saturated heterocycles. The monoisotopic (exact) mass is 479 g/mol. The van der Waals surface area contributed by atoms with Crippen LogP contribution in [0.2, 0.25) is 0 Å². The van der Waals surface area contributed by atoms with Crippen molar-refractivity contribution in [3.63, 3.8) is 0 Å². The van der Waals surface area contributed by atoms with Gasteiger partial charge in [0.15, 0.2) is 5.69 Å². The average molecular weight is 480 g/mol. The van der Waals surface area contributed by atoms with Gasteiger partial charge in [0, 0.05) is 23.5 Å². The third-order valence-electron chi connectivity index (χ3n) is 4.94. The molecule has 7 nitrogen and oxygen atoms in total. The molecular formula is C24H21N3O4S2. The van der Waals surface area contributed by atoms with Gasteiger partial charge in [0.25, 0.3) is 17.1 Å². The maximum atomic E-state index is 12.7. The van der Waals surface area contributed by atoms with Crippen LogP contribution in [0.3, 0.4) is 0 Å². The number of carbonyl (C=O) groups excluding carboxylic acids is 3. The topological polar surface area (TPSA) is 92.5 Å². The first-order valence-electron chi connectivity index (χ1n) is 10.2. The maximum absolute atomic E-state index is 12.7. The molecule has 0 spiro atoms. The number of aromatic nitrogens is 1. The summed E-state index contributed by atoms with van der Waals surface area (Å²) in [4.78, 5) is 44.5. The van der Waals surface area contributed by atoms with Crippen LogP contribution >= 0.6 is 23.5 Å². The van der Waals surface area contributed by atoms with Gasteiger partial charge >= 0.3 is 0 Å². The Bertz CT molecular complexity index is 1220. The predicted octanol–water partition coefficient (Wildman–Crippen LogP) is 4.84. The normalized spacial score (nSPS) is 14.8. The second-order valence-electron chi connectivity index (χ2n) is 7.15. The van der Waals surface area contributed by atoms with Crippen LogP contribution in [0.15, 0.2) is 68.8 Å². The first-order chi connectivity index (χ1) is 16.0. The molecule has 2 heterocycles. The van der Waals surface area contributed by atoms with Gasteiger partial charge in [-0.2, -0.15) is 0 Å². The van der Waals surface area contributed by atoms with Crippen LogP contribution in [-0.2, 0) is 4.79 Å². The second kappa shape index (κ2) is 10.1. The van der Waals surface area contributed by atoms with Gasteiger partial charge in [-0.25, -0.2) is 4.98 Å². The minimum absolute atomic E-state index is 0.0710. The zero-order valence-electron chi connectivity index (χ0n) is 18.0. The summed E-state index contributed by atoms with van der Waals surface area (Å²) in [6.07, 6.45) is 3.70. The predicted molar refractivity (Wildman–Crippen MR) is 130 cm³/mol. The van der Waals surface area contributed by atoms with E-state index < -0.39 is 5.91 Å². The van der Waals surface area contributed by atoms with Gasteiger partial charge in [0.2, 0.25) is 5.89 Å². The van der Waals surface area contributed by atoms with Gasteiger partial charge in [-0.15, -0.1) is 11.8 Å². The number of imide groups is 1. The molecule has 4 rings (SSSR count). The number of amides is 3. The summed E-state index contributed by atoms with van der Waals surface area (Å²) in [7, 11) is 0. The smallest absolute Gasteiger partial charge is 0.293 e. The summed E-state index contributed by atoms with van der Waals surface area (Å²) in [5, 5.41) is 2.35. The first kappa shape index (κ1) is 22.9. The Labute approximate surface area is 199 Å². The van der Waals surface area contributed by atoms with Crippen molar-refractivity contribution >= 4 is 46.7 Å². The Balaban J connectivity index is 1.36. The molecule has 168 valence electrons. The van der Waals surface area contributed by atoms with Gasteiger partial charge in [0.05, 0.1) is 4.91 Å². The lowest BCUT2D eigenvalue weighted by molar-refractivity contribution is -0.122. The Hall–Kier alpha value is -3.30. The number of hydrogen-bond acceptors (Lipinski definition) is 7. The third kappa shape index (κ3) is 5.20. The van der Waals surface area contributed by atoms with Crippen molar-refractivity contribution in [1.82, 2.24) is 15.2 Å². The van der Waals surface area contributed by atoms with Crippen LogP contribution in [-0.4, -0.2) is 46.3 Å². The molecule has 0 atom stereocenters. The van der Waals surface area contributed by atoms with E-state index in [1.54, 1.807) is 24.8 Å². The summed E-state index contributed by atoms with van der Waals surface area (Å²) in [6.45, 7) is 1.85. The highest BCUT2D eigenvalue weighted by molar-refractivity contribution is 8.18. The summed E-state index contributed by atoms with van der Waals surface area (Å²) in [5.74, 6) is -0.0279. The molecule has 0 unspecified atom stereocenters. The molecule has 9 heteroatoms. The third-order valence-corrected chi connectivity index (χ3v) is 6.59. The Morgan fingerprint density at radius 3 is 2.58 bits per heavy atom. The summed E-state index contributed by atoms with van der Waals surface area (Å²) in [6, 6.07) is 17.0. The van der Waals surface area contributed by atoms with Crippen LogP contribution in [0.5, 0.6) is 0 Å². The maximum Gasteiger partial charge on any atom is 0.293 e. The van der Waals surface area contributed by atoms with Crippen molar-refractivity contribution in [2.24, 2.45) is 0 Å². The van der Waals surface area contributed by atoms with Crippen LogP contribution in [0.4, 0.5) is 4.79 Å². The number of benzene rings is 2. The summed E-state index contributed by atoms with van der Waals surface area (Å²) < 4.78 is 5.62. The van der Waals surface area contributed by atoms with Crippen LogP contribution < -0.4 is 5.32 Å². The zero-order chi connectivity index (χ0) is 23.4. The van der Waals surface area contributed by atoms with E-state index in [-0.39, 0.29) is 29.9 Å². The van der Waals surface area contributed by atoms with Crippen molar-refractivity contribution in [2.45, 2.75) is 11.8 Å². The van der Waals surface area contributed by atoms with Gasteiger partial charge in [0.1, 0.15) is 5.76 Å². The average Bonchev–Trinajstić information content (AvgIpc) is 3.34. The number of carbonyl (C=O) groups is 3. The molecule has 1 N–H and O–H groups in total. The Morgan fingerprint density at radius 2 is 1.88 bits per heavy atom. The van der Waals surface area contributed by atoms with Gasteiger partial charge in [-0.1, -0.05) is 30.3 Å². The van der Waals surface area contributed by atoms with Crippen LogP contribution in [0.25, 0.3) is 17.5 Å². The molecule has 0 radical (unpaired) electrons. The van der Waals surface area contributed by atoms with Gasteiger partial charge in [-0.3, -0.25) is 19.3 Å². The molecule has 1 aromatic heterocycles. The lowest BCUT2D eigenvalue weighted by Crippen LogP contribution is -2.37. The van der Waals surface area contributed by atoms with E-state index in [0.29, 0.717) is 16.6 Å². The largest absolute Gasteiger partial charge is 0.441 e. The van der Waals surface area contributed by atoms with Crippen molar-refractivity contribution < 1.29 is 18.8 Å². The number of hydrogen-bond donors (Lipinski definition) is 1. The Morgan fingerprint density at radius 1 is 1.15 bits per heavy atom. The highest BCUT2D eigenvalue weighted by atomic mass is 32.2. The molecule has 2 aromatic carbocycles. The zero-order valence-corrected chi connectivity index (χ0v) is 19.7. The highest BCUT2D eigenvalue weighted by Gasteiger charge is 2.34. The molecule has 33 heavy (non-hydrogen) atoms. The fraction of sp³-hybridized carbons (Fsp3) is 0.167.